The van der Waals surface area contributed by atoms with Crippen LogP contribution >= 0.6 is 0 Å². The Morgan fingerprint density at radius 1 is 1.45 bits per heavy atom. The summed E-state index contributed by atoms with van der Waals surface area (Å²) < 4.78 is 0. The lowest BCUT2D eigenvalue weighted by molar-refractivity contribution is -0.139. The van der Waals surface area contributed by atoms with E-state index in [4.69, 9.17) is 16.8 Å². The number of hydrogen-bond donors (Lipinski definition) is 2. The summed E-state index contributed by atoms with van der Waals surface area (Å²) in [6.07, 6.45) is -0.307. The Kier molecular flexibility index (Phi) is 3.67. The molecular weight excluding hydrogens is 150 g/mol. The number of aliphatic carboxylic acids is 2. The van der Waals surface area contributed by atoms with Gasteiger partial charge in [0.1, 0.15) is 0 Å². The Morgan fingerprint density at radius 2 is 2.00 bits per heavy atom. The summed E-state index contributed by atoms with van der Waals surface area (Å²) in [7, 11) is 0. The smallest absolute Gasteiger partial charge is 0.392 e. The molecule has 5 heteroatoms. The highest BCUT2D eigenvalue weighted by molar-refractivity contribution is 5.76. The lowest BCUT2D eigenvalue weighted by Crippen LogP contribution is -2.17. The van der Waals surface area contributed by atoms with Gasteiger partial charge in [-0.1, -0.05) is 4.85 Å². The third kappa shape index (κ3) is 3.92. The quantitative estimate of drug-likeness (QED) is 0.615. The summed E-state index contributed by atoms with van der Waals surface area (Å²) in [5, 5.41) is 16.5. The minimum atomic E-state index is -1.20. The molecule has 60 valence electrons. The SMILES string of the molecule is C#[N+][C@@H](CCC(=O)O)C(=O)O. The lowest BCUT2D eigenvalue weighted by atomic mass is 10.2. The van der Waals surface area contributed by atoms with Crippen LogP contribution < -0.4 is 0 Å². The zero-order chi connectivity index (χ0) is 8.85. The van der Waals surface area contributed by atoms with Crippen LogP contribution in [0.15, 0.2) is 0 Å². The molecule has 0 aromatic carbocycles. The number of carboxylic acid groups (broad SMARTS) is 2. The molecule has 0 saturated heterocycles. The van der Waals surface area contributed by atoms with E-state index in [0.29, 0.717) is 0 Å². The number of carbonyl (C=O) groups is 2. The molecule has 0 radical (unpaired) electrons. The molecule has 11 heavy (non-hydrogen) atoms. The van der Waals surface area contributed by atoms with Crippen molar-refractivity contribution in [2.24, 2.45) is 0 Å². The third-order valence-electron chi connectivity index (χ3n) is 1.10. The summed E-state index contributed by atoms with van der Waals surface area (Å²) in [4.78, 5) is 23.1. The van der Waals surface area contributed by atoms with Crippen LogP contribution in [-0.4, -0.2) is 28.2 Å². The standard InChI is InChI=1S/C6H7NO4/c1-7-4(6(10)11)2-3-5(8)9/h1,4H,2-3H2,(H-,8,9,10,11)/p+1/t4-/m0/s1. The van der Waals surface area contributed by atoms with Crippen LogP contribution in [0.1, 0.15) is 12.8 Å². The maximum Gasteiger partial charge on any atom is 0.392 e. The molecule has 0 aliphatic rings. The van der Waals surface area contributed by atoms with Crippen LogP contribution in [0, 0.1) is 6.57 Å². The Morgan fingerprint density at radius 3 is 2.27 bits per heavy atom. The van der Waals surface area contributed by atoms with Crippen molar-refractivity contribution >= 4 is 11.9 Å². The average Bonchev–Trinajstić information content (AvgIpc) is 1.87. The van der Waals surface area contributed by atoms with E-state index in [2.05, 4.69) is 4.85 Å². The fraction of sp³-hybridized carbons (Fsp3) is 0.500. The normalized spacial score (nSPS) is 11.5. The maximum atomic E-state index is 10.2. The van der Waals surface area contributed by atoms with Gasteiger partial charge in [-0.2, -0.15) is 0 Å². The number of hydrogen-bond acceptors (Lipinski definition) is 2. The summed E-state index contributed by atoms with van der Waals surface area (Å²) in [6.45, 7) is 4.71. The molecule has 0 heterocycles. The predicted molar refractivity (Wildman–Crippen MR) is 36.6 cm³/mol. The van der Waals surface area contributed by atoms with Gasteiger partial charge in [0, 0.05) is 6.42 Å². The molecule has 0 spiro atoms. The number of nitrogens with zero attached hydrogens (tertiary/aromatic N) is 1. The van der Waals surface area contributed by atoms with E-state index in [9.17, 15) is 9.59 Å². The van der Waals surface area contributed by atoms with E-state index >= 15 is 0 Å². The Bertz CT molecular complexity index is 205. The van der Waals surface area contributed by atoms with E-state index in [1.54, 1.807) is 0 Å². The molecule has 0 unspecified atom stereocenters. The van der Waals surface area contributed by atoms with E-state index in [0.717, 1.165) is 0 Å². The fourth-order valence-corrected chi connectivity index (χ4v) is 0.522. The highest BCUT2D eigenvalue weighted by Gasteiger charge is 2.26. The second-order valence-electron chi connectivity index (χ2n) is 1.94. The van der Waals surface area contributed by atoms with Gasteiger partial charge >= 0.3 is 18.0 Å². The second kappa shape index (κ2) is 4.28. The molecule has 0 amide bonds. The van der Waals surface area contributed by atoms with Gasteiger partial charge < -0.3 is 10.2 Å². The average molecular weight is 158 g/mol. The first-order valence-electron chi connectivity index (χ1n) is 2.92. The van der Waals surface area contributed by atoms with Gasteiger partial charge in [0.15, 0.2) is 0 Å². The monoisotopic (exact) mass is 158 g/mol. The molecule has 0 fully saturated rings. The largest absolute Gasteiger partial charge is 0.481 e. The molecule has 0 aromatic heterocycles. The maximum absolute atomic E-state index is 10.2. The summed E-state index contributed by atoms with van der Waals surface area (Å²) in [6, 6.07) is -1.11. The predicted octanol–water partition coefficient (Wildman–Crippen LogP) is 0.267. The van der Waals surface area contributed by atoms with Gasteiger partial charge in [-0.05, 0) is 0 Å². The van der Waals surface area contributed by atoms with Gasteiger partial charge in [0.05, 0.1) is 6.42 Å². The van der Waals surface area contributed by atoms with Crippen molar-refractivity contribution in [1.29, 1.82) is 0 Å². The zero-order valence-electron chi connectivity index (χ0n) is 5.73. The van der Waals surface area contributed by atoms with Crippen molar-refractivity contribution < 1.29 is 19.8 Å². The van der Waals surface area contributed by atoms with Crippen LogP contribution in [0.3, 0.4) is 0 Å². The van der Waals surface area contributed by atoms with Crippen molar-refractivity contribution in [3.63, 3.8) is 0 Å². The number of rotatable bonds is 4. The van der Waals surface area contributed by atoms with E-state index in [1.807, 2.05) is 0 Å². The molecular formula is C6H8NO4+. The van der Waals surface area contributed by atoms with E-state index in [-0.39, 0.29) is 12.8 Å². The minimum Gasteiger partial charge on any atom is -0.481 e. The van der Waals surface area contributed by atoms with Crippen molar-refractivity contribution in [1.82, 2.24) is 0 Å². The highest BCUT2D eigenvalue weighted by atomic mass is 16.4. The summed E-state index contributed by atoms with van der Waals surface area (Å²) in [5.41, 5.74) is 0. The van der Waals surface area contributed by atoms with Crippen LogP contribution in [0.2, 0.25) is 0 Å². The molecule has 0 aliphatic heterocycles. The van der Waals surface area contributed by atoms with Gasteiger partial charge in [0.25, 0.3) is 6.57 Å². The second-order valence-corrected chi connectivity index (χ2v) is 1.94. The van der Waals surface area contributed by atoms with Gasteiger partial charge in [-0.15, -0.1) is 0 Å². The fourth-order valence-electron chi connectivity index (χ4n) is 0.522. The van der Waals surface area contributed by atoms with Crippen molar-refractivity contribution in [3.8, 4) is 6.57 Å². The Labute approximate surface area is 63.1 Å². The summed E-state index contributed by atoms with van der Waals surface area (Å²) >= 11 is 0. The molecule has 5 nitrogen and oxygen atoms in total. The molecule has 1 atom stereocenters. The first kappa shape index (κ1) is 9.43. The Hall–Kier alpha value is -1.57. The molecule has 0 bridgehead atoms. The van der Waals surface area contributed by atoms with E-state index < -0.39 is 18.0 Å². The van der Waals surface area contributed by atoms with Crippen LogP contribution in [-0.2, 0) is 9.59 Å². The Balaban J connectivity index is 3.82. The molecule has 0 aromatic rings. The minimum absolute atomic E-state index is 0.0683. The first-order chi connectivity index (χ1) is 5.07. The molecule has 0 aliphatic carbocycles. The topological polar surface area (TPSA) is 79.0 Å². The lowest BCUT2D eigenvalue weighted by Gasteiger charge is -1.91. The van der Waals surface area contributed by atoms with Gasteiger partial charge in [0.2, 0.25) is 0 Å². The molecule has 2 N–H and O–H groups in total. The third-order valence-corrected chi connectivity index (χ3v) is 1.10. The van der Waals surface area contributed by atoms with E-state index in [1.165, 1.54) is 0 Å². The van der Waals surface area contributed by atoms with Gasteiger partial charge in [-0.3, -0.25) is 4.79 Å². The molecule has 0 rings (SSSR count). The molecule has 0 saturated carbocycles. The van der Waals surface area contributed by atoms with Crippen molar-refractivity contribution in [2.75, 3.05) is 0 Å². The number of carboxylic acids is 2. The van der Waals surface area contributed by atoms with Gasteiger partial charge in [-0.25, -0.2) is 4.79 Å². The van der Waals surface area contributed by atoms with Crippen LogP contribution in [0.25, 0.3) is 4.85 Å². The summed E-state index contributed by atoms with van der Waals surface area (Å²) in [5.74, 6) is -2.26. The van der Waals surface area contributed by atoms with Crippen molar-refractivity contribution in [3.05, 3.63) is 4.85 Å². The van der Waals surface area contributed by atoms with Crippen LogP contribution in [0.5, 0.6) is 0 Å². The van der Waals surface area contributed by atoms with Crippen LogP contribution in [0.4, 0.5) is 0 Å². The first-order valence-corrected chi connectivity index (χ1v) is 2.92. The van der Waals surface area contributed by atoms with Crippen molar-refractivity contribution in [2.45, 2.75) is 18.9 Å². The zero-order valence-corrected chi connectivity index (χ0v) is 5.73. The highest BCUT2D eigenvalue weighted by Crippen LogP contribution is 2.01.